The minimum atomic E-state index is 0.392. The van der Waals surface area contributed by atoms with Gasteiger partial charge in [-0.05, 0) is 61.0 Å². The lowest BCUT2D eigenvalue weighted by Crippen LogP contribution is -2.03. The molecule has 2 aromatic carbocycles. The van der Waals surface area contributed by atoms with Crippen LogP contribution < -0.4 is 10.5 Å². The molecular weight excluding hydrogens is 310 g/mol. The molecule has 0 aliphatic carbocycles. The van der Waals surface area contributed by atoms with E-state index in [2.05, 4.69) is 5.10 Å². The van der Waals surface area contributed by atoms with Gasteiger partial charge in [-0.2, -0.15) is 5.10 Å². The van der Waals surface area contributed by atoms with E-state index in [1.165, 1.54) is 0 Å². The van der Waals surface area contributed by atoms with Gasteiger partial charge < -0.3 is 10.5 Å². The van der Waals surface area contributed by atoms with Crippen LogP contribution in [0.1, 0.15) is 11.3 Å². The summed E-state index contributed by atoms with van der Waals surface area (Å²) in [6.45, 7) is 2.41. The number of hydrogen-bond acceptors (Lipinski definition) is 3. The number of nitrogens with two attached hydrogens (primary N) is 1. The van der Waals surface area contributed by atoms with Crippen molar-refractivity contribution in [2.75, 3.05) is 7.11 Å². The summed E-state index contributed by atoms with van der Waals surface area (Å²) in [5, 5.41) is 5.34. The van der Waals surface area contributed by atoms with Crippen molar-refractivity contribution in [2.24, 2.45) is 5.73 Å². The highest BCUT2D eigenvalue weighted by Gasteiger charge is 2.13. The number of aryl methyl sites for hydroxylation is 1. The van der Waals surface area contributed by atoms with Gasteiger partial charge >= 0.3 is 0 Å². The monoisotopic (exact) mass is 327 g/mol. The Morgan fingerprint density at radius 2 is 1.87 bits per heavy atom. The summed E-state index contributed by atoms with van der Waals surface area (Å²) in [6.07, 6.45) is 0. The van der Waals surface area contributed by atoms with Gasteiger partial charge in [-0.3, -0.25) is 0 Å². The van der Waals surface area contributed by atoms with Crippen molar-refractivity contribution in [2.45, 2.75) is 13.5 Å². The first-order valence-corrected chi connectivity index (χ1v) is 7.70. The Labute approximate surface area is 140 Å². The van der Waals surface area contributed by atoms with Gasteiger partial charge in [0.25, 0.3) is 0 Å². The molecule has 23 heavy (non-hydrogen) atoms. The standard InChI is InChI=1S/C18H18ClN3O/c1-12-9-14(19)5-8-17(12)22-18(10-15(11-20)21-22)13-3-6-16(23-2)7-4-13/h3-10H,11,20H2,1-2H3. The molecule has 1 aromatic heterocycles. The average Bonchev–Trinajstić information content (AvgIpc) is 2.99. The minimum Gasteiger partial charge on any atom is -0.497 e. The van der Waals surface area contributed by atoms with Crippen LogP contribution >= 0.6 is 11.6 Å². The molecule has 0 unspecified atom stereocenters. The van der Waals surface area contributed by atoms with Gasteiger partial charge in [0.2, 0.25) is 0 Å². The number of nitrogens with zero attached hydrogens (tertiary/aromatic N) is 2. The van der Waals surface area contributed by atoms with Crippen LogP contribution in [0.25, 0.3) is 16.9 Å². The van der Waals surface area contributed by atoms with Crippen molar-refractivity contribution in [1.29, 1.82) is 0 Å². The first kappa shape index (κ1) is 15.6. The topological polar surface area (TPSA) is 53.1 Å². The van der Waals surface area contributed by atoms with Crippen molar-refractivity contribution in [3.8, 4) is 22.7 Å². The summed E-state index contributed by atoms with van der Waals surface area (Å²) in [6, 6.07) is 15.7. The second-order valence-corrected chi connectivity index (χ2v) is 5.73. The number of benzene rings is 2. The van der Waals surface area contributed by atoms with Crippen molar-refractivity contribution in [1.82, 2.24) is 9.78 Å². The third-order valence-electron chi connectivity index (χ3n) is 3.74. The Balaban J connectivity index is 2.14. The molecule has 118 valence electrons. The first-order chi connectivity index (χ1) is 11.1. The van der Waals surface area contributed by atoms with Gasteiger partial charge in [-0.1, -0.05) is 11.6 Å². The molecule has 5 heteroatoms. The summed E-state index contributed by atoms with van der Waals surface area (Å²) < 4.78 is 7.13. The van der Waals surface area contributed by atoms with E-state index in [0.717, 1.165) is 34.0 Å². The summed E-state index contributed by atoms with van der Waals surface area (Å²) in [5.74, 6) is 0.821. The van der Waals surface area contributed by atoms with Crippen LogP contribution in [0.2, 0.25) is 5.02 Å². The SMILES string of the molecule is COc1ccc(-c2cc(CN)nn2-c2ccc(Cl)cc2C)cc1. The lowest BCUT2D eigenvalue weighted by atomic mass is 10.1. The fraction of sp³-hybridized carbons (Fsp3) is 0.167. The van der Waals surface area contributed by atoms with Crippen LogP contribution in [0.5, 0.6) is 5.75 Å². The fourth-order valence-electron chi connectivity index (χ4n) is 2.54. The number of methoxy groups -OCH3 is 1. The van der Waals surface area contributed by atoms with Gasteiger partial charge in [0.1, 0.15) is 5.75 Å². The highest BCUT2D eigenvalue weighted by atomic mass is 35.5. The Bertz CT molecular complexity index is 825. The van der Waals surface area contributed by atoms with Crippen LogP contribution in [0.3, 0.4) is 0 Å². The third-order valence-corrected chi connectivity index (χ3v) is 3.98. The maximum atomic E-state index is 6.06. The predicted octanol–water partition coefficient (Wildman–Crippen LogP) is 3.97. The number of rotatable bonds is 4. The van der Waals surface area contributed by atoms with E-state index in [9.17, 15) is 0 Å². The molecule has 0 spiro atoms. The molecule has 0 bridgehead atoms. The van der Waals surface area contributed by atoms with E-state index in [-0.39, 0.29) is 0 Å². The summed E-state index contributed by atoms with van der Waals surface area (Å²) in [7, 11) is 1.66. The zero-order valence-electron chi connectivity index (χ0n) is 13.1. The molecule has 2 N–H and O–H groups in total. The van der Waals surface area contributed by atoms with Gasteiger partial charge in [0.15, 0.2) is 0 Å². The van der Waals surface area contributed by atoms with E-state index in [1.54, 1.807) is 7.11 Å². The molecule has 3 rings (SSSR count). The number of ether oxygens (including phenoxy) is 1. The van der Waals surface area contributed by atoms with Crippen LogP contribution in [-0.4, -0.2) is 16.9 Å². The Kier molecular flexibility index (Phi) is 4.37. The Hall–Kier alpha value is -2.30. The normalized spacial score (nSPS) is 10.8. The highest BCUT2D eigenvalue weighted by Crippen LogP contribution is 2.28. The molecule has 0 saturated carbocycles. The van der Waals surface area contributed by atoms with Crippen molar-refractivity contribution in [3.05, 3.63) is 64.8 Å². The van der Waals surface area contributed by atoms with Gasteiger partial charge in [-0.25, -0.2) is 4.68 Å². The van der Waals surface area contributed by atoms with Crippen molar-refractivity contribution < 1.29 is 4.74 Å². The molecule has 0 atom stereocenters. The zero-order valence-corrected chi connectivity index (χ0v) is 13.8. The fourth-order valence-corrected chi connectivity index (χ4v) is 2.76. The highest BCUT2D eigenvalue weighted by molar-refractivity contribution is 6.30. The van der Waals surface area contributed by atoms with E-state index in [4.69, 9.17) is 22.1 Å². The molecular formula is C18H18ClN3O. The summed E-state index contributed by atoms with van der Waals surface area (Å²) in [5.41, 5.74) is 10.7. The second kappa shape index (κ2) is 6.44. The maximum Gasteiger partial charge on any atom is 0.118 e. The van der Waals surface area contributed by atoms with Gasteiger partial charge in [0, 0.05) is 17.1 Å². The predicted molar refractivity (Wildman–Crippen MR) is 93.2 cm³/mol. The molecule has 0 saturated heterocycles. The van der Waals surface area contributed by atoms with Crippen molar-refractivity contribution in [3.63, 3.8) is 0 Å². The quantitative estimate of drug-likeness (QED) is 0.789. The van der Waals surface area contributed by atoms with Gasteiger partial charge in [-0.15, -0.1) is 0 Å². The maximum absolute atomic E-state index is 6.06. The van der Waals surface area contributed by atoms with Crippen LogP contribution in [0.4, 0.5) is 0 Å². The lowest BCUT2D eigenvalue weighted by Gasteiger charge is -2.11. The van der Waals surface area contributed by atoms with Gasteiger partial charge in [0.05, 0.1) is 24.2 Å². The van der Waals surface area contributed by atoms with E-state index in [1.807, 2.05) is 60.1 Å². The number of hydrogen-bond donors (Lipinski definition) is 1. The smallest absolute Gasteiger partial charge is 0.118 e. The second-order valence-electron chi connectivity index (χ2n) is 5.30. The molecule has 0 aliphatic rings. The van der Waals surface area contributed by atoms with E-state index in [0.29, 0.717) is 11.6 Å². The summed E-state index contributed by atoms with van der Waals surface area (Å²) >= 11 is 6.06. The molecule has 3 aromatic rings. The molecule has 0 fully saturated rings. The third kappa shape index (κ3) is 3.09. The summed E-state index contributed by atoms with van der Waals surface area (Å²) in [4.78, 5) is 0. The zero-order chi connectivity index (χ0) is 16.4. The van der Waals surface area contributed by atoms with Crippen molar-refractivity contribution >= 4 is 11.6 Å². The minimum absolute atomic E-state index is 0.392. The van der Waals surface area contributed by atoms with Crippen LogP contribution in [0, 0.1) is 6.92 Å². The Morgan fingerprint density at radius 3 is 2.48 bits per heavy atom. The van der Waals surface area contributed by atoms with Crippen LogP contribution in [0.15, 0.2) is 48.5 Å². The Morgan fingerprint density at radius 1 is 1.13 bits per heavy atom. The number of aromatic nitrogens is 2. The largest absolute Gasteiger partial charge is 0.497 e. The van der Waals surface area contributed by atoms with E-state index >= 15 is 0 Å². The lowest BCUT2D eigenvalue weighted by molar-refractivity contribution is 0.415. The number of halogens is 1. The van der Waals surface area contributed by atoms with E-state index < -0.39 is 0 Å². The molecule has 0 aliphatic heterocycles. The molecule has 4 nitrogen and oxygen atoms in total. The molecule has 0 amide bonds. The average molecular weight is 328 g/mol. The molecule has 1 heterocycles. The molecule has 0 radical (unpaired) electrons. The van der Waals surface area contributed by atoms with Crippen LogP contribution in [-0.2, 0) is 6.54 Å². The first-order valence-electron chi connectivity index (χ1n) is 7.32.